The minimum absolute atomic E-state index is 0.00951. The zero-order chi connectivity index (χ0) is 16.1. The fourth-order valence-electron chi connectivity index (χ4n) is 2.16. The van der Waals surface area contributed by atoms with Crippen molar-refractivity contribution >= 4 is 23.4 Å². The van der Waals surface area contributed by atoms with Crippen LogP contribution in [0.2, 0.25) is 0 Å². The summed E-state index contributed by atoms with van der Waals surface area (Å²) in [6, 6.07) is 7.87. The van der Waals surface area contributed by atoms with Gasteiger partial charge < -0.3 is 5.11 Å². The molecule has 7 nitrogen and oxygen atoms in total. The second-order valence-corrected chi connectivity index (χ2v) is 5.24. The minimum atomic E-state index is -0.775. The number of rotatable bonds is 6. The zero-order valence-corrected chi connectivity index (χ0v) is 12.3. The number of anilines is 1. The van der Waals surface area contributed by atoms with Crippen LogP contribution in [0, 0.1) is 0 Å². The number of carbonyl (C=O) groups is 3. The molecule has 0 aliphatic carbocycles. The first-order valence-corrected chi connectivity index (χ1v) is 7.13. The number of hydrogen-bond acceptors (Lipinski definition) is 5. The van der Waals surface area contributed by atoms with E-state index >= 15 is 0 Å². The molecular weight excluding hydrogens is 286 g/mol. The lowest BCUT2D eigenvalue weighted by Gasteiger charge is -2.15. The Labute approximate surface area is 128 Å². The van der Waals surface area contributed by atoms with E-state index in [4.69, 9.17) is 5.11 Å². The average molecular weight is 305 g/mol. The van der Waals surface area contributed by atoms with E-state index in [-0.39, 0.29) is 24.7 Å². The molecule has 1 aliphatic rings. The van der Waals surface area contributed by atoms with E-state index in [1.807, 2.05) is 0 Å². The van der Waals surface area contributed by atoms with Crippen LogP contribution in [0.1, 0.15) is 26.2 Å². The van der Waals surface area contributed by atoms with Crippen LogP contribution in [0.25, 0.3) is 0 Å². The molecule has 1 heterocycles. The maximum Gasteiger partial charge on any atom is 0.253 e. The van der Waals surface area contributed by atoms with Crippen LogP contribution in [0.3, 0.4) is 0 Å². The Hall–Kier alpha value is -2.25. The van der Waals surface area contributed by atoms with Gasteiger partial charge in [0.1, 0.15) is 6.04 Å². The number of hydrazine groups is 1. The van der Waals surface area contributed by atoms with Crippen molar-refractivity contribution in [3.05, 3.63) is 30.3 Å². The van der Waals surface area contributed by atoms with Crippen molar-refractivity contribution in [2.45, 2.75) is 38.3 Å². The number of hydrogen-bond donors (Lipinski definition) is 3. The lowest BCUT2D eigenvalue weighted by Crippen LogP contribution is -2.48. The summed E-state index contributed by atoms with van der Waals surface area (Å²) in [6.45, 7) is 1.59. The zero-order valence-electron chi connectivity index (χ0n) is 12.3. The Morgan fingerprint density at radius 3 is 2.68 bits per heavy atom. The first-order valence-electron chi connectivity index (χ1n) is 7.13. The van der Waals surface area contributed by atoms with E-state index in [1.54, 1.807) is 37.3 Å². The number of nitrogens with one attached hydrogen (secondary N) is 2. The lowest BCUT2D eigenvalue weighted by molar-refractivity contribution is -0.123. The Morgan fingerprint density at radius 2 is 2.05 bits per heavy atom. The monoisotopic (exact) mass is 305 g/mol. The summed E-state index contributed by atoms with van der Waals surface area (Å²) in [5.41, 5.74) is 5.51. The number of para-hydroxylation sites is 1. The van der Waals surface area contributed by atoms with E-state index < -0.39 is 18.1 Å². The summed E-state index contributed by atoms with van der Waals surface area (Å²) in [4.78, 5) is 36.9. The highest BCUT2D eigenvalue weighted by atomic mass is 16.3. The quantitative estimate of drug-likeness (QED) is 0.511. The van der Waals surface area contributed by atoms with Crippen molar-refractivity contribution in [3.63, 3.8) is 0 Å². The fraction of sp³-hybridized carbons (Fsp3) is 0.400. The van der Waals surface area contributed by atoms with Crippen LogP contribution in [0.15, 0.2) is 30.3 Å². The molecule has 3 N–H and O–H groups in total. The second kappa shape index (κ2) is 7.15. The van der Waals surface area contributed by atoms with E-state index in [9.17, 15) is 14.4 Å². The fourth-order valence-corrected chi connectivity index (χ4v) is 2.16. The molecule has 1 aromatic rings. The number of imide groups is 1. The first-order chi connectivity index (χ1) is 10.5. The smallest absolute Gasteiger partial charge is 0.253 e. The van der Waals surface area contributed by atoms with Gasteiger partial charge >= 0.3 is 0 Å². The molecule has 0 radical (unpaired) electrons. The maximum atomic E-state index is 12.2. The summed E-state index contributed by atoms with van der Waals surface area (Å²) >= 11 is 0. The maximum absolute atomic E-state index is 12.2. The number of carbonyl (C=O) groups excluding carboxylic acids is 3. The van der Waals surface area contributed by atoms with Gasteiger partial charge in [-0.05, 0) is 25.5 Å². The van der Waals surface area contributed by atoms with Crippen LogP contribution < -0.4 is 15.8 Å². The highest BCUT2D eigenvalue weighted by Gasteiger charge is 2.39. The summed E-state index contributed by atoms with van der Waals surface area (Å²) in [5, 5.41) is 9.11. The van der Waals surface area contributed by atoms with Gasteiger partial charge in [0.15, 0.2) is 0 Å². The van der Waals surface area contributed by atoms with Crippen molar-refractivity contribution in [2.24, 2.45) is 0 Å². The van der Waals surface area contributed by atoms with Gasteiger partial charge in [-0.15, -0.1) is 0 Å². The van der Waals surface area contributed by atoms with Gasteiger partial charge in [0, 0.05) is 6.42 Å². The van der Waals surface area contributed by atoms with Crippen molar-refractivity contribution in [3.8, 4) is 0 Å². The standard InChI is InChI=1S/C15H19N3O4/c1-10(19)7-8-13(20)17-16-12-9-14(21)18(15(12)22)11-5-3-2-4-6-11/h2-6,10,12,16,19H,7-9H2,1H3,(H,17,20)/t10-,12-/m1/s1. The third-order valence-corrected chi connectivity index (χ3v) is 3.34. The topological polar surface area (TPSA) is 98.7 Å². The van der Waals surface area contributed by atoms with Gasteiger partial charge in [-0.3, -0.25) is 19.8 Å². The number of aliphatic hydroxyl groups is 1. The molecular formula is C15H19N3O4. The van der Waals surface area contributed by atoms with Crippen molar-refractivity contribution in [1.82, 2.24) is 10.9 Å². The SMILES string of the molecule is C[C@@H](O)CCC(=O)NN[C@@H]1CC(=O)N(c2ccccc2)C1=O. The Balaban J connectivity index is 1.91. The van der Waals surface area contributed by atoms with Crippen molar-refractivity contribution < 1.29 is 19.5 Å². The molecule has 0 unspecified atom stereocenters. The first kappa shape index (κ1) is 16.1. The van der Waals surface area contributed by atoms with Gasteiger partial charge in [-0.25, -0.2) is 10.3 Å². The molecule has 2 atom stereocenters. The normalized spacial score (nSPS) is 19.4. The Kier molecular flexibility index (Phi) is 5.24. The third kappa shape index (κ3) is 3.90. The molecule has 0 aromatic heterocycles. The van der Waals surface area contributed by atoms with E-state index in [0.29, 0.717) is 12.1 Å². The Bertz CT molecular complexity index is 559. The van der Waals surface area contributed by atoms with Crippen LogP contribution in [-0.4, -0.2) is 35.0 Å². The summed E-state index contributed by atoms with van der Waals surface area (Å²) < 4.78 is 0. The molecule has 0 spiro atoms. The molecule has 1 aromatic carbocycles. The number of amides is 3. The number of aliphatic hydroxyl groups excluding tert-OH is 1. The molecule has 1 saturated heterocycles. The van der Waals surface area contributed by atoms with Crippen LogP contribution in [-0.2, 0) is 14.4 Å². The van der Waals surface area contributed by atoms with Gasteiger partial charge in [-0.1, -0.05) is 18.2 Å². The van der Waals surface area contributed by atoms with Crippen LogP contribution >= 0.6 is 0 Å². The third-order valence-electron chi connectivity index (χ3n) is 3.34. The lowest BCUT2D eigenvalue weighted by atomic mass is 10.2. The predicted molar refractivity (Wildman–Crippen MR) is 79.5 cm³/mol. The summed E-state index contributed by atoms with van der Waals surface area (Å²) in [7, 11) is 0. The van der Waals surface area contributed by atoms with Gasteiger partial charge in [0.25, 0.3) is 5.91 Å². The molecule has 3 amide bonds. The summed E-state index contributed by atoms with van der Waals surface area (Å²) in [6.07, 6.45) is -0.0953. The average Bonchev–Trinajstić information content (AvgIpc) is 2.78. The van der Waals surface area contributed by atoms with Crippen LogP contribution in [0.5, 0.6) is 0 Å². The van der Waals surface area contributed by atoms with E-state index in [2.05, 4.69) is 10.9 Å². The van der Waals surface area contributed by atoms with Gasteiger partial charge in [-0.2, -0.15) is 0 Å². The molecule has 22 heavy (non-hydrogen) atoms. The molecule has 1 fully saturated rings. The van der Waals surface area contributed by atoms with Gasteiger partial charge in [0.2, 0.25) is 11.8 Å². The molecule has 0 bridgehead atoms. The summed E-state index contributed by atoms with van der Waals surface area (Å²) in [5.74, 6) is -1.04. The molecule has 0 saturated carbocycles. The largest absolute Gasteiger partial charge is 0.393 e. The van der Waals surface area contributed by atoms with Crippen molar-refractivity contribution in [1.29, 1.82) is 0 Å². The predicted octanol–water partition coefficient (Wildman–Crippen LogP) is 0.100. The molecule has 7 heteroatoms. The molecule has 1 aliphatic heterocycles. The second-order valence-electron chi connectivity index (χ2n) is 5.24. The molecule has 2 rings (SSSR count). The highest BCUT2D eigenvalue weighted by Crippen LogP contribution is 2.21. The minimum Gasteiger partial charge on any atom is -0.393 e. The highest BCUT2D eigenvalue weighted by molar-refractivity contribution is 6.22. The van der Waals surface area contributed by atoms with Crippen molar-refractivity contribution in [2.75, 3.05) is 4.90 Å². The number of nitrogens with zero attached hydrogens (tertiary/aromatic N) is 1. The Morgan fingerprint density at radius 1 is 1.36 bits per heavy atom. The number of benzene rings is 1. The molecule has 118 valence electrons. The van der Waals surface area contributed by atoms with Gasteiger partial charge in [0.05, 0.1) is 18.2 Å². The van der Waals surface area contributed by atoms with E-state index in [0.717, 1.165) is 4.90 Å². The van der Waals surface area contributed by atoms with Crippen LogP contribution in [0.4, 0.5) is 5.69 Å². The van der Waals surface area contributed by atoms with E-state index in [1.165, 1.54) is 0 Å².